The van der Waals surface area contributed by atoms with Crippen LogP contribution in [0.25, 0.3) is 11.0 Å². The van der Waals surface area contributed by atoms with Crippen LogP contribution in [0.1, 0.15) is 40.9 Å². The predicted octanol–water partition coefficient (Wildman–Crippen LogP) is 1.96. The molecular formula is C18H16N4O3. The second-order valence-electron chi connectivity index (χ2n) is 6.75. The summed E-state index contributed by atoms with van der Waals surface area (Å²) >= 11 is 0. The summed E-state index contributed by atoms with van der Waals surface area (Å²) in [5.41, 5.74) is 1.01. The lowest BCUT2D eigenvalue weighted by Crippen LogP contribution is -2.51. The van der Waals surface area contributed by atoms with E-state index >= 15 is 0 Å². The topological polar surface area (TPSA) is 81.2 Å². The number of carbonyl (C=O) groups excluding carboxylic acids is 1. The maximum Gasteiger partial charge on any atom is 0.349 e. The van der Waals surface area contributed by atoms with Crippen molar-refractivity contribution in [3.63, 3.8) is 0 Å². The van der Waals surface area contributed by atoms with E-state index in [0.717, 1.165) is 11.1 Å². The Balaban J connectivity index is 1.34. The lowest BCUT2D eigenvalue weighted by Gasteiger charge is -2.38. The first-order valence-corrected chi connectivity index (χ1v) is 8.43. The van der Waals surface area contributed by atoms with Gasteiger partial charge >= 0.3 is 5.63 Å². The number of aromatic nitrogens is 3. The van der Waals surface area contributed by atoms with Gasteiger partial charge in [-0.25, -0.2) is 9.48 Å². The zero-order chi connectivity index (χ0) is 17.0. The first kappa shape index (κ1) is 14.4. The van der Waals surface area contributed by atoms with Gasteiger partial charge in [-0.05, 0) is 25.0 Å². The molecule has 0 atom stereocenters. The lowest BCUT2D eigenvalue weighted by atomic mass is 10.1. The van der Waals surface area contributed by atoms with Crippen molar-refractivity contribution >= 4 is 16.9 Å². The van der Waals surface area contributed by atoms with Gasteiger partial charge in [-0.2, -0.15) is 0 Å². The average Bonchev–Trinajstić information content (AvgIpc) is 3.32. The van der Waals surface area contributed by atoms with Gasteiger partial charge in [-0.15, -0.1) is 5.10 Å². The maximum atomic E-state index is 12.6. The van der Waals surface area contributed by atoms with E-state index in [2.05, 4.69) is 10.3 Å². The SMILES string of the molecule is O=C(c1cc2ccccc2oc1=O)N1CC(n2cc(C3CC3)nn2)C1. The molecule has 0 radical (unpaired) electrons. The molecule has 7 heteroatoms. The molecule has 1 amide bonds. The number of hydrogen-bond donors (Lipinski definition) is 0. The molecule has 3 heterocycles. The molecule has 5 rings (SSSR count). The lowest BCUT2D eigenvalue weighted by molar-refractivity contribution is 0.0494. The smallest absolute Gasteiger partial charge is 0.349 e. The highest BCUT2D eigenvalue weighted by Crippen LogP contribution is 2.39. The molecule has 0 unspecified atom stereocenters. The Labute approximate surface area is 142 Å². The van der Waals surface area contributed by atoms with Crippen LogP contribution < -0.4 is 5.63 Å². The number of rotatable bonds is 3. The second kappa shape index (κ2) is 5.27. The fourth-order valence-corrected chi connectivity index (χ4v) is 3.20. The van der Waals surface area contributed by atoms with Crippen LogP contribution in [0.5, 0.6) is 0 Å². The van der Waals surface area contributed by atoms with Crippen molar-refractivity contribution in [1.82, 2.24) is 19.9 Å². The van der Waals surface area contributed by atoms with Crippen molar-refractivity contribution in [2.45, 2.75) is 24.8 Å². The predicted molar refractivity (Wildman–Crippen MR) is 89.4 cm³/mol. The van der Waals surface area contributed by atoms with Gasteiger partial charge in [0, 0.05) is 30.6 Å². The quantitative estimate of drug-likeness (QED) is 0.683. The molecule has 0 spiro atoms. The molecule has 7 nitrogen and oxygen atoms in total. The molecule has 3 aromatic rings. The molecule has 1 aromatic carbocycles. The Bertz CT molecular complexity index is 1030. The number of likely N-dealkylation sites (tertiary alicyclic amines) is 1. The summed E-state index contributed by atoms with van der Waals surface area (Å²) in [5.74, 6) is 0.270. The molecule has 2 aliphatic rings. The fraction of sp³-hybridized carbons (Fsp3) is 0.333. The third kappa shape index (κ3) is 2.43. The normalized spacial score (nSPS) is 17.7. The van der Waals surface area contributed by atoms with Gasteiger partial charge in [0.2, 0.25) is 0 Å². The van der Waals surface area contributed by atoms with Crippen LogP contribution in [0.2, 0.25) is 0 Å². The standard InChI is InChI=1S/C18H16N4O3/c23-17(14-7-12-3-1-2-4-16(12)25-18(14)24)21-8-13(9-21)22-10-15(19-20-22)11-5-6-11/h1-4,7,10-11,13H,5-6,8-9H2. The van der Waals surface area contributed by atoms with Crippen molar-refractivity contribution in [1.29, 1.82) is 0 Å². The largest absolute Gasteiger partial charge is 0.422 e. The van der Waals surface area contributed by atoms with Gasteiger partial charge in [0.05, 0.1) is 11.7 Å². The number of hydrogen-bond acceptors (Lipinski definition) is 5. The Morgan fingerprint density at radius 1 is 1.20 bits per heavy atom. The third-order valence-electron chi connectivity index (χ3n) is 4.92. The molecular weight excluding hydrogens is 320 g/mol. The molecule has 2 fully saturated rings. The molecule has 1 saturated heterocycles. The minimum atomic E-state index is -0.594. The Morgan fingerprint density at radius 3 is 2.80 bits per heavy atom. The Hall–Kier alpha value is -2.96. The van der Waals surface area contributed by atoms with Gasteiger partial charge in [-0.1, -0.05) is 23.4 Å². The molecule has 0 N–H and O–H groups in total. The summed E-state index contributed by atoms with van der Waals surface area (Å²) in [6, 6.07) is 8.91. The van der Waals surface area contributed by atoms with Crippen molar-refractivity contribution in [3.8, 4) is 0 Å². The van der Waals surface area contributed by atoms with Crippen LogP contribution in [-0.4, -0.2) is 38.9 Å². The highest BCUT2D eigenvalue weighted by molar-refractivity contribution is 5.97. The first-order chi connectivity index (χ1) is 12.2. The fourth-order valence-electron chi connectivity index (χ4n) is 3.20. The van der Waals surface area contributed by atoms with Crippen LogP contribution in [0.4, 0.5) is 0 Å². The number of carbonyl (C=O) groups is 1. The van der Waals surface area contributed by atoms with Crippen LogP contribution >= 0.6 is 0 Å². The molecule has 25 heavy (non-hydrogen) atoms. The van der Waals surface area contributed by atoms with E-state index in [1.165, 1.54) is 12.8 Å². The summed E-state index contributed by atoms with van der Waals surface area (Å²) < 4.78 is 7.08. The van der Waals surface area contributed by atoms with Crippen LogP contribution in [0.3, 0.4) is 0 Å². The summed E-state index contributed by atoms with van der Waals surface area (Å²) in [6.07, 6.45) is 4.35. The third-order valence-corrected chi connectivity index (χ3v) is 4.92. The van der Waals surface area contributed by atoms with Crippen molar-refractivity contribution < 1.29 is 9.21 Å². The summed E-state index contributed by atoms with van der Waals surface area (Å²) in [6.45, 7) is 1.05. The van der Waals surface area contributed by atoms with Gasteiger partial charge in [0.25, 0.3) is 5.91 Å². The van der Waals surface area contributed by atoms with E-state index in [-0.39, 0.29) is 17.5 Å². The summed E-state index contributed by atoms with van der Waals surface area (Å²) in [4.78, 5) is 26.4. The van der Waals surface area contributed by atoms with Crippen molar-refractivity contribution in [3.05, 3.63) is 58.2 Å². The average molecular weight is 336 g/mol. The van der Waals surface area contributed by atoms with Crippen LogP contribution in [0, 0.1) is 0 Å². The number of amides is 1. The van der Waals surface area contributed by atoms with E-state index in [1.54, 1.807) is 23.1 Å². The number of para-hydroxylation sites is 1. The second-order valence-corrected chi connectivity index (χ2v) is 6.75. The van der Waals surface area contributed by atoms with Gasteiger partial charge in [0.15, 0.2) is 0 Å². The Morgan fingerprint density at radius 2 is 2.00 bits per heavy atom. The highest BCUT2D eigenvalue weighted by atomic mass is 16.4. The first-order valence-electron chi connectivity index (χ1n) is 8.43. The van der Waals surface area contributed by atoms with Gasteiger partial charge < -0.3 is 9.32 Å². The molecule has 1 saturated carbocycles. The maximum absolute atomic E-state index is 12.6. The van der Waals surface area contributed by atoms with Crippen LogP contribution in [0.15, 0.2) is 45.7 Å². The minimum Gasteiger partial charge on any atom is -0.422 e. The van der Waals surface area contributed by atoms with Crippen molar-refractivity contribution in [2.24, 2.45) is 0 Å². The zero-order valence-electron chi connectivity index (χ0n) is 13.5. The van der Waals surface area contributed by atoms with Crippen LogP contribution in [-0.2, 0) is 0 Å². The van der Waals surface area contributed by atoms with Crippen molar-refractivity contribution in [2.75, 3.05) is 13.1 Å². The molecule has 1 aliphatic carbocycles. The minimum absolute atomic E-state index is 0.0782. The number of nitrogens with zero attached hydrogens (tertiary/aromatic N) is 4. The van der Waals surface area contributed by atoms with E-state index < -0.39 is 5.63 Å². The zero-order valence-corrected chi connectivity index (χ0v) is 13.5. The highest BCUT2D eigenvalue weighted by Gasteiger charge is 2.35. The molecule has 1 aliphatic heterocycles. The summed E-state index contributed by atoms with van der Waals surface area (Å²) in [5, 5.41) is 9.12. The van der Waals surface area contributed by atoms with E-state index in [4.69, 9.17) is 4.42 Å². The molecule has 126 valence electrons. The van der Waals surface area contributed by atoms with E-state index in [0.29, 0.717) is 24.6 Å². The van der Waals surface area contributed by atoms with Gasteiger partial charge in [0.1, 0.15) is 11.1 Å². The van der Waals surface area contributed by atoms with E-state index in [1.807, 2.05) is 23.0 Å². The van der Waals surface area contributed by atoms with E-state index in [9.17, 15) is 9.59 Å². The number of benzene rings is 1. The molecule has 0 bridgehead atoms. The molecule has 2 aromatic heterocycles. The Kier molecular flexibility index (Phi) is 3.03. The number of fused-ring (bicyclic) bond motifs is 1. The van der Waals surface area contributed by atoms with Gasteiger partial charge in [-0.3, -0.25) is 4.79 Å². The monoisotopic (exact) mass is 336 g/mol. The summed E-state index contributed by atoms with van der Waals surface area (Å²) in [7, 11) is 0.